The van der Waals surface area contributed by atoms with E-state index in [0.717, 1.165) is 11.0 Å². The van der Waals surface area contributed by atoms with Gasteiger partial charge in [-0.1, -0.05) is 11.5 Å². The summed E-state index contributed by atoms with van der Waals surface area (Å²) in [7, 11) is 2.07. The number of aromatic nitrogens is 2. The highest BCUT2D eigenvalue weighted by Gasteiger charge is 1.98. The van der Waals surface area contributed by atoms with E-state index in [2.05, 4.69) is 36.9 Å². The molecular formula is C9H9BN2. The van der Waals surface area contributed by atoms with E-state index in [4.69, 9.17) is 0 Å². The maximum absolute atomic E-state index is 4.26. The highest BCUT2D eigenvalue weighted by atomic mass is 14.8. The molecule has 0 radical (unpaired) electrons. The first-order valence-electron chi connectivity index (χ1n) is 3.95. The molecule has 3 heteroatoms. The van der Waals surface area contributed by atoms with E-state index in [1.54, 1.807) is 12.4 Å². The van der Waals surface area contributed by atoms with Crippen molar-refractivity contribution >= 4 is 24.3 Å². The third kappa shape index (κ3) is 1.07. The van der Waals surface area contributed by atoms with Gasteiger partial charge in [0.25, 0.3) is 0 Å². The Morgan fingerprint density at radius 3 is 2.75 bits per heavy atom. The van der Waals surface area contributed by atoms with E-state index in [0.29, 0.717) is 0 Å². The van der Waals surface area contributed by atoms with Crippen molar-refractivity contribution in [3.05, 3.63) is 30.1 Å². The highest BCUT2D eigenvalue weighted by molar-refractivity contribution is 6.33. The molecule has 2 rings (SSSR count). The third-order valence-electron chi connectivity index (χ3n) is 1.91. The van der Waals surface area contributed by atoms with Gasteiger partial charge in [0.05, 0.1) is 11.0 Å². The van der Waals surface area contributed by atoms with Gasteiger partial charge in [0.1, 0.15) is 7.85 Å². The van der Waals surface area contributed by atoms with E-state index in [1.807, 2.05) is 0 Å². The lowest BCUT2D eigenvalue weighted by atomic mass is 9.94. The quantitative estimate of drug-likeness (QED) is 0.509. The molecule has 12 heavy (non-hydrogen) atoms. The molecule has 58 valence electrons. The molecule has 0 aliphatic heterocycles. The molecular weight excluding hydrogens is 147 g/mol. The summed E-state index contributed by atoms with van der Waals surface area (Å²) in [6.45, 7) is 2.06. The van der Waals surface area contributed by atoms with Gasteiger partial charge in [-0.25, -0.2) is 0 Å². The van der Waals surface area contributed by atoms with Gasteiger partial charge in [-0.05, 0) is 18.6 Å². The summed E-state index contributed by atoms with van der Waals surface area (Å²) in [6, 6.07) is 4.17. The maximum atomic E-state index is 4.26. The molecule has 0 fully saturated rings. The molecule has 0 spiro atoms. The van der Waals surface area contributed by atoms with Crippen LogP contribution in [0.4, 0.5) is 0 Å². The van der Waals surface area contributed by atoms with E-state index >= 15 is 0 Å². The molecule has 0 amide bonds. The van der Waals surface area contributed by atoms with Crippen molar-refractivity contribution in [3.63, 3.8) is 0 Å². The molecule has 0 aliphatic rings. The zero-order valence-electron chi connectivity index (χ0n) is 7.20. The fraction of sp³-hybridized carbons (Fsp3) is 0.111. The van der Waals surface area contributed by atoms with Crippen LogP contribution in [0.15, 0.2) is 24.5 Å². The minimum atomic E-state index is 0.981. The molecule has 0 saturated carbocycles. The van der Waals surface area contributed by atoms with Crippen molar-refractivity contribution < 1.29 is 0 Å². The van der Waals surface area contributed by atoms with Gasteiger partial charge >= 0.3 is 0 Å². The Balaban J connectivity index is 2.89. The summed E-state index contributed by atoms with van der Waals surface area (Å²) in [6.07, 6.45) is 3.45. The lowest BCUT2D eigenvalue weighted by Gasteiger charge is -2.00. The molecule has 1 aromatic carbocycles. The van der Waals surface area contributed by atoms with Gasteiger partial charge in [0, 0.05) is 12.4 Å². The summed E-state index contributed by atoms with van der Waals surface area (Å²) in [5, 5.41) is 0. The smallest absolute Gasteiger partial charge is 0.139 e. The van der Waals surface area contributed by atoms with Crippen LogP contribution in [0.25, 0.3) is 11.0 Å². The van der Waals surface area contributed by atoms with Crippen LogP contribution in [0.3, 0.4) is 0 Å². The van der Waals surface area contributed by atoms with Crippen molar-refractivity contribution in [2.24, 2.45) is 0 Å². The highest BCUT2D eigenvalue weighted by Crippen LogP contribution is 2.09. The molecule has 0 unspecified atom stereocenters. The van der Waals surface area contributed by atoms with Crippen molar-refractivity contribution in [1.82, 2.24) is 9.97 Å². The van der Waals surface area contributed by atoms with Crippen molar-refractivity contribution in [1.29, 1.82) is 0 Å². The summed E-state index contributed by atoms with van der Waals surface area (Å²) >= 11 is 0. The number of hydrogen-bond donors (Lipinski definition) is 0. The molecule has 2 nitrogen and oxygen atoms in total. The van der Waals surface area contributed by atoms with Crippen molar-refractivity contribution in [2.75, 3.05) is 0 Å². The Bertz CT molecular complexity index is 426. The Hall–Kier alpha value is -1.38. The second kappa shape index (κ2) is 2.59. The Kier molecular flexibility index (Phi) is 1.57. The first-order chi connectivity index (χ1) is 5.77. The van der Waals surface area contributed by atoms with Crippen LogP contribution >= 0.6 is 0 Å². The lowest BCUT2D eigenvalue weighted by molar-refractivity contribution is 1.28. The lowest BCUT2D eigenvalue weighted by Crippen LogP contribution is -2.03. The second-order valence-electron chi connectivity index (χ2n) is 3.01. The van der Waals surface area contributed by atoms with Gasteiger partial charge in [0.15, 0.2) is 0 Å². The van der Waals surface area contributed by atoms with Gasteiger partial charge in [0.2, 0.25) is 0 Å². The van der Waals surface area contributed by atoms with Crippen LogP contribution in [0.1, 0.15) is 5.56 Å². The first kappa shape index (κ1) is 7.28. The minimum Gasteiger partial charge on any atom is -0.253 e. The Morgan fingerprint density at radius 1 is 1.17 bits per heavy atom. The predicted molar refractivity (Wildman–Crippen MR) is 52.5 cm³/mol. The second-order valence-corrected chi connectivity index (χ2v) is 3.01. The molecule has 0 saturated heterocycles. The first-order valence-corrected chi connectivity index (χ1v) is 3.95. The number of nitrogens with zero attached hydrogens (tertiary/aromatic N) is 2. The minimum absolute atomic E-state index is 0.981. The predicted octanol–water partition coefficient (Wildman–Crippen LogP) is 0.197. The zero-order valence-corrected chi connectivity index (χ0v) is 7.20. The average Bonchev–Trinajstić information content (AvgIpc) is 2.04. The van der Waals surface area contributed by atoms with Crippen molar-refractivity contribution in [2.45, 2.75) is 6.92 Å². The fourth-order valence-corrected chi connectivity index (χ4v) is 1.43. The molecule has 1 heterocycles. The van der Waals surface area contributed by atoms with Gasteiger partial charge in [-0.3, -0.25) is 9.97 Å². The van der Waals surface area contributed by atoms with E-state index in [1.165, 1.54) is 11.0 Å². The number of benzene rings is 1. The van der Waals surface area contributed by atoms with Gasteiger partial charge < -0.3 is 0 Å². The third-order valence-corrected chi connectivity index (χ3v) is 1.91. The maximum Gasteiger partial charge on any atom is 0.139 e. The molecule has 2 aromatic rings. The average molecular weight is 156 g/mol. The molecule has 0 aliphatic carbocycles. The van der Waals surface area contributed by atoms with Crippen molar-refractivity contribution in [3.8, 4) is 0 Å². The van der Waals surface area contributed by atoms with Crippen LogP contribution in [-0.4, -0.2) is 17.8 Å². The summed E-state index contributed by atoms with van der Waals surface area (Å²) in [5.74, 6) is 0. The number of hydrogen-bond acceptors (Lipinski definition) is 2. The number of fused-ring (bicyclic) bond motifs is 1. The topological polar surface area (TPSA) is 25.8 Å². The SMILES string of the molecule is Bc1cc(C)c2nccnc2c1. The van der Waals surface area contributed by atoms with E-state index in [9.17, 15) is 0 Å². The van der Waals surface area contributed by atoms with Crippen LogP contribution < -0.4 is 5.46 Å². The summed E-state index contributed by atoms with van der Waals surface area (Å²) in [5.41, 5.74) is 4.41. The van der Waals surface area contributed by atoms with E-state index in [-0.39, 0.29) is 0 Å². The number of aryl methyl sites for hydroxylation is 1. The standard InChI is InChI=1S/C9H9BN2/c1-6-4-7(10)5-8-9(6)12-3-2-11-8/h2-5H,10H2,1H3. The van der Waals surface area contributed by atoms with Crippen LogP contribution in [-0.2, 0) is 0 Å². The molecule has 0 bridgehead atoms. The molecule has 0 N–H and O–H groups in total. The normalized spacial score (nSPS) is 10.4. The molecule has 1 aromatic heterocycles. The fourth-order valence-electron chi connectivity index (χ4n) is 1.43. The largest absolute Gasteiger partial charge is 0.253 e. The van der Waals surface area contributed by atoms with Crippen LogP contribution in [0, 0.1) is 6.92 Å². The summed E-state index contributed by atoms with van der Waals surface area (Å²) < 4.78 is 0. The van der Waals surface area contributed by atoms with Gasteiger partial charge in [-0.15, -0.1) is 0 Å². The Morgan fingerprint density at radius 2 is 1.92 bits per heavy atom. The van der Waals surface area contributed by atoms with Crippen LogP contribution in [0.5, 0.6) is 0 Å². The summed E-state index contributed by atoms with van der Waals surface area (Å²) in [4.78, 5) is 8.50. The Labute approximate surface area is 72.1 Å². The number of rotatable bonds is 0. The zero-order chi connectivity index (χ0) is 8.55. The monoisotopic (exact) mass is 156 g/mol. The van der Waals surface area contributed by atoms with Gasteiger partial charge in [-0.2, -0.15) is 0 Å². The van der Waals surface area contributed by atoms with Crippen LogP contribution in [0.2, 0.25) is 0 Å². The molecule has 0 atom stereocenters. The van der Waals surface area contributed by atoms with E-state index < -0.39 is 0 Å².